The molecule has 0 radical (unpaired) electrons. The summed E-state index contributed by atoms with van der Waals surface area (Å²) in [6.45, 7) is 0. The Labute approximate surface area is 124 Å². The van der Waals surface area contributed by atoms with Gasteiger partial charge in [-0.25, -0.2) is 0 Å². The van der Waals surface area contributed by atoms with E-state index < -0.39 is 0 Å². The van der Waals surface area contributed by atoms with Crippen molar-refractivity contribution in [3.05, 3.63) is 23.8 Å². The molecule has 0 spiro atoms. The highest BCUT2D eigenvalue weighted by atomic mass is 32.2. The SMILES string of the molecule is COC(=O)CC1(CSCc2cc(N)cc(OC)c2)CC1. The summed E-state index contributed by atoms with van der Waals surface area (Å²) in [7, 11) is 3.09. The van der Waals surface area contributed by atoms with E-state index in [0.29, 0.717) is 6.42 Å². The quantitative estimate of drug-likeness (QED) is 0.619. The predicted molar refractivity (Wildman–Crippen MR) is 81.9 cm³/mol. The van der Waals surface area contributed by atoms with E-state index in [2.05, 4.69) is 0 Å². The van der Waals surface area contributed by atoms with Crippen LogP contribution in [0.25, 0.3) is 0 Å². The smallest absolute Gasteiger partial charge is 0.306 e. The first-order chi connectivity index (χ1) is 9.57. The molecule has 0 bridgehead atoms. The number of esters is 1. The van der Waals surface area contributed by atoms with Gasteiger partial charge in [-0.15, -0.1) is 0 Å². The highest BCUT2D eigenvalue weighted by Crippen LogP contribution is 2.51. The van der Waals surface area contributed by atoms with E-state index in [1.54, 1.807) is 7.11 Å². The average molecular weight is 295 g/mol. The summed E-state index contributed by atoms with van der Waals surface area (Å²) in [5, 5.41) is 0. The molecular weight excluding hydrogens is 274 g/mol. The van der Waals surface area contributed by atoms with Gasteiger partial charge in [-0.2, -0.15) is 11.8 Å². The summed E-state index contributed by atoms with van der Waals surface area (Å²) < 4.78 is 9.97. The molecule has 0 saturated heterocycles. The number of hydrogen-bond acceptors (Lipinski definition) is 5. The molecule has 110 valence electrons. The molecular formula is C15H21NO3S. The van der Waals surface area contributed by atoms with Crippen molar-refractivity contribution in [1.29, 1.82) is 0 Å². The van der Waals surface area contributed by atoms with Gasteiger partial charge in [0.1, 0.15) is 5.75 Å². The maximum atomic E-state index is 11.4. The minimum Gasteiger partial charge on any atom is -0.497 e. The Morgan fingerprint density at radius 2 is 2.10 bits per heavy atom. The molecule has 1 fully saturated rings. The molecule has 1 aromatic carbocycles. The second kappa shape index (κ2) is 6.39. The summed E-state index contributed by atoms with van der Waals surface area (Å²) in [6, 6.07) is 5.78. The Morgan fingerprint density at radius 3 is 2.70 bits per heavy atom. The second-order valence-electron chi connectivity index (χ2n) is 5.36. The minimum absolute atomic E-state index is 0.103. The molecule has 2 rings (SSSR count). The number of nitrogens with two attached hydrogens (primary N) is 1. The second-order valence-corrected chi connectivity index (χ2v) is 6.35. The van der Waals surface area contributed by atoms with Gasteiger partial charge in [-0.3, -0.25) is 4.79 Å². The third kappa shape index (κ3) is 4.07. The van der Waals surface area contributed by atoms with Crippen LogP contribution in [0, 0.1) is 5.41 Å². The summed E-state index contributed by atoms with van der Waals surface area (Å²) in [4.78, 5) is 11.4. The van der Waals surface area contributed by atoms with Gasteiger partial charge in [0.2, 0.25) is 0 Å². The number of thioether (sulfide) groups is 1. The Morgan fingerprint density at radius 1 is 1.35 bits per heavy atom. The maximum Gasteiger partial charge on any atom is 0.306 e. The van der Waals surface area contributed by atoms with E-state index in [1.165, 1.54) is 7.11 Å². The third-order valence-electron chi connectivity index (χ3n) is 3.61. The normalized spacial score (nSPS) is 15.7. The zero-order valence-electron chi connectivity index (χ0n) is 12.0. The van der Waals surface area contributed by atoms with Crippen molar-refractivity contribution < 1.29 is 14.3 Å². The first-order valence-corrected chi connectivity index (χ1v) is 7.80. The molecule has 5 heteroatoms. The van der Waals surface area contributed by atoms with Gasteiger partial charge in [0, 0.05) is 17.5 Å². The first kappa shape index (κ1) is 15.0. The van der Waals surface area contributed by atoms with Gasteiger partial charge in [-0.05, 0) is 41.7 Å². The molecule has 1 aliphatic carbocycles. The largest absolute Gasteiger partial charge is 0.497 e. The number of benzene rings is 1. The van der Waals surface area contributed by atoms with E-state index in [1.807, 2.05) is 30.0 Å². The topological polar surface area (TPSA) is 61.5 Å². The Kier molecular flexibility index (Phi) is 4.81. The van der Waals surface area contributed by atoms with E-state index in [0.717, 1.165) is 41.3 Å². The van der Waals surface area contributed by atoms with E-state index in [4.69, 9.17) is 15.2 Å². The van der Waals surface area contributed by atoms with Gasteiger partial charge >= 0.3 is 5.97 Å². The van der Waals surface area contributed by atoms with Gasteiger partial charge in [-0.1, -0.05) is 0 Å². The Hall–Kier alpha value is -1.36. The predicted octanol–water partition coefficient (Wildman–Crippen LogP) is 2.85. The molecule has 0 aliphatic heterocycles. The monoisotopic (exact) mass is 295 g/mol. The van der Waals surface area contributed by atoms with Crippen molar-refractivity contribution in [2.45, 2.75) is 25.0 Å². The van der Waals surface area contributed by atoms with Crippen molar-refractivity contribution in [3.8, 4) is 5.75 Å². The highest BCUT2D eigenvalue weighted by Gasteiger charge is 2.44. The molecule has 1 aromatic rings. The molecule has 0 atom stereocenters. The lowest BCUT2D eigenvalue weighted by molar-refractivity contribution is -0.141. The molecule has 4 nitrogen and oxygen atoms in total. The minimum atomic E-state index is -0.103. The standard InChI is InChI=1S/C15H21NO3S/c1-18-13-6-11(5-12(16)7-13)9-20-10-15(3-4-15)8-14(17)19-2/h5-7H,3-4,8-10,16H2,1-2H3. The van der Waals surface area contributed by atoms with Crippen molar-refractivity contribution in [2.24, 2.45) is 5.41 Å². The molecule has 0 heterocycles. The maximum absolute atomic E-state index is 11.4. The van der Waals surface area contributed by atoms with E-state index >= 15 is 0 Å². The summed E-state index contributed by atoms with van der Waals surface area (Å²) in [5.74, 6) is 2.55. The van der Waals surface area contributed by atoms with E-state index in [9.17, 15) is 4.79 Å². The van der Waals surface area contributed by atoms with Crippen molar-refractivity contribution in [1.82, 2.24) is 0 Å². The number of ether oxygens (including phenoxy) is 2. The fourth-order valence-electron chi connectivity index (χ4n) is 2.20. The van der Waals surface area contributed by atoms with Crippen LogP contribution < -0.4 is 10.5 Å². The molecule has 1 saturated carbocycles. The third-order valence-corrected chi connectivity index (χ3v) is 4.96. The highest BCUT2D eigenvalue weighted by molar-refractivity contribution is 7.98. The van der Waals surface area contributed by atoms with Crippen LogP contribution >= 0.6 is 11.8 Å². The van der Waals surface area contributed by atoms with Gasteiger partial charge in [0.25, 0.3) is 0 Å². The van der Waals surface area contributed by atoms with Crippen LogP contribution in [0.5, 0.6) is 5.75 Å². The van der Waals surface area contributed by atoms with Crippen molar-refractivity contribution in [3.63, 3.8) is 0 Å². The van der Waals surface area contributed by atoms with Crippen LogP contribution in [-0.4, -0.2) is 25.9 Å². The van der Waals surface area contributed by atoms with Crippen LogP contribution in [0.1, 0.15) is 24.8 Å². The number of rotatable bonds is 7. The lowest BCUT2D eigenvalue weighted by Gasteiger charge is -2.13. The lowest BCUT2D eigenvalue weighted by Crippen LogP contribution is -2.13. The van der Waals surface area contributed by atoms with Crippen LogP contribution in [0.3, 0.4) is 0 Å². The van der Waals surface area contributed by atoms with Gasteiger partial charge < -0.3 is 15.2 Å². The lowest BCUT2D eigenvalue weighted by atomic mass is 10.1. The molecule has 1 aliphatic rings. The number of nitrogen functional groups attached to an aromatic ring is 1. The fraction of sp³-hybridized carbons (Fsp3) is 0.533. The molecule has 0 unspecified atom stereocenters. The van der Waals surface area contributed by atoms with E-state index in [-0.39, 0.29) is 11.4 Å². The van der Waals surface area contributed by atoms with Crippen LogP contribution in [0.4, 0.5) is 5.69 Å². The van der Waals surface area contributed by atoms with Crippen LogP contribution in [0.2, 0.25) is 0 Å². The first-order valence-electron chi connectivity index (χ1n) is 6.65. The molecule has 0 amide bonds. The fourth-order valence-corrected chi connectivity index (χ4v) is 3.53. The van der Waals surface area contributed by atoms with Crippen LogP contribution in [-0.2, 0) is 15.3 Å². The average Bonchev–Trinajstić information content (AvgIpc) is 3.17. The van der Waals surface area contributed by atoms with Crippen LogP contribution in [0.15, 0.2) is 18.2 Å². The number of methoxy groups -OCH3 is 2. The molecule has 20 heavy (non-hydrogen) atoms. The number of hydrogen-bond donors (Lipinski definition) is 1. The zero-order chi connectivity index (χ0) is 14.6. The zero-order valence-corrected chi connectivity index (χ0v) is 12.8. The molecule has 0 aromatic heterocycles. The summed E-state index contributed by atoms with van der Waals surface area (Å²) in [6.07, 6.45) is 2.78. The Balaban J connectivity index is 1.84. The van der Waals surface area contributed by atoms with Crippen molar-refractivity contribution in [2.75, 3.05) is 25.7 Å². The van der Waals surface area contributed by atoms with Crippen molar-refractivity contribution >= 4 is 23.4 Å². The summed E-state index contributed by atoms with van der Waals surface area (Å²) >= 11 is 1.84. The van der Waals surface area contributed by atoms with Gasteiger partial charge in [0.05, 0.1) is 20.6 Å². The molecule has 2 N–H and O–H groups in total. The number of carbonyl (C=O) groups is 1. The summed E-state index contributed by atoms with van der Waals surface area (Å²) in [5.41, 5.74) is 7.88. The Bertz CT molecular complexity index is 486. The number of anilines is 1. The van der Waals surface area contributed by atoms with Gasteiger partial charge in [0.15, 0.2) is 0 Å². The number of carbonyl (C=O) groups excluding carboxylic acids is 1.